The lowest BCUT2D eigenvalue weighted by molar-refractivity contribution is -0.143. The second kappa shape index (κ2) is 5.52. The first-order valence-electron chi connectivity index (χ1n) is 7.31. The summed E-state index contributed by atoms with van der Waals surface area (Å²) in [6, 6.07) is 3.90. The third-order valence-corrected chi connectivity index (χ3v) is 4.72. The van der Waals surface area contributed by atoms with Crippen molar-refractivity contribution in [3.63, 3.8) is 0 Å². The van der Waals surface area contributed by atoms with Gasteiger partial charge >= 0.3 is 5.97 Å². The fourth-order valence-electron chi connectivity index (χ4n) is 3.61. The molecule has 2 bridgehead atoms. The van der Waals surface area contributed by atoms with Crippen molar-refractivity contribution in [3.05, 3.63) is 24.2 Å². The van der Waals surface area contributed by atoms with E-state index in [9.17, 15) is 14.7 Å². The van der Waals surface area contributed by atoms with Gasteiger partial charge in [0.1, 0.15) is 5.76 Å². The van der Waals surface area contributed by atoms with Crippen molar-refractivity contribution < 1.29 is 19.1 Å². The Morgan fingerprint density at radius 2 is 2.29 bits per heavy atom. The number of carbonyl (C=O) groups is 2. The van der Waals surface area contributed by atoms with Crippen LogP contribution in [0.2, 0.25) is 0 Å². The zero-order valence-electron chi connectivity index (χ0n) is 12.1. The number of likely N-dealkylation sites (N-methyl/N-ethyl adjacent to an activating group) is 1. The molecule has 3 heterocycles. The van der Waals surface area contributed by atoms with Crippen molar-refractivity contribution in [3.8, 4) is 0 Å². The molecule has 6 heteroatoms. The van der Waals surface area contributed by atoms with E-state index in [1.54, 1.807) is 24.3 Å². The number of nitrogens with zero attached hydrogens (tertiary/aromatic N) is 2. The number of amides is 1. The number of furan rings is 1. The number of rotatable bonds is 5. The second-order valence-electron chi connectivity index (χ2n) is 5.98. The van der Waals surface area contributed by atoms with Gasteiger partial charge in [-0.2, -0.15) is 0 Å². The lowest BCUT2D eigenvalue weighted by atomic mass is 9.89. The van der Waals surface area contributed by atoms with Gasteiger partial charge in [-0.3, -0.25) is 14.5 Å². The number of carboxylic acids is 1. The summed E-state index contributed by atoms with van der Waals surface area (Å²) in [5.74, 6) is -0.288. The van der Waals surface area contributed by atoms with Gasteiger partial charge in [-0.05, 0) is 31.4 Å². The molecule has 0 radical (unpaired) electrons. The van der Waals surface area contributed by atoms with Crippen molar-refractivity contribution in [2.24, 2.45) is 5.92 Å². The van der Waals surface area contributed by atoms with Gasteiger partial charge in [0.15, 0.2) is 0 Å². The molecule has 114 valence electrons. The van der Waals surface area contributed by atoms with Gasteiger partial charge in [-0.1, -0.05) is 0 Å². The maximum Gasteiger partial charge on any atom is 0.308 e. The zero-order valence-corrected chi connectivity index (χ0v) is 12.1. The Hall–Kier alpha value is -1.82. The minimum atomic E-state index is -0.733. The van der Waals surface area contributed by atoms with Gasteiger partial charge in [0, 0.05) is 19.1 Å². The molecule has 6 nitrogen and oxygen atoms in total. The highest BCUT2D eigenvalue weighted by atomic mass is 16.4. The number of hydrogen-bond acceptors (Lipinski definition) is 4. The number of fused-ring (bicyclic) bond motifs is 2. The Morgan fingerprint density at radius 1 is 1.48 bits per heavy atom. The van der Waals surface area contributed by atoms with E-state index in [1.165, 1.54) is 0 Å². The van der Waals surface area contributed by atoms with Gasteiger partial charge in [0.05, 0.1) is 25.3 Å². The molecule has 3 unspecified atom stereocenters. The molecule has 3 atom stereocenters. The Morgan fingerprint density at radius 3 is 2.90 bits per heavy atom. The van der Waals surface area contributed by atoms with Crippen LogP contribution in [0.25, 0.3) is 0 Å². The van der Waals surface area contributed by atoms with Crippen LogP contribution >= 0.6 is 0 Å². The SMILES string of the molecule is CN(Cc1ccco1)C(=O)CN1C2CCC1C(C(=O)O)C2. The summed E-state index contributed by atoms with van der Waals surface area (Å²) in [4.78, 5) is 27.3. The first-order chi connectivity index (χ1) is 10.1. The summed E-state index contributed by atoms with van der Waals surface area (Å²) in [5, 5.41) is 9.23. The average Bonchev–Trinajstić information content (AvgIpc) is 3.15. The van der Waals surface area contributed by atoms with E-state index in [0.29, 0.717) is 19.5 Å². The first kappa shape index (κ1) is 14.1. The van der Waals surface area contributed by atoms with Gasteiger partial charge in [-0.15, -0.1) is 0 Å². The molecule has 2 aliphatic rings. The van der Waals surface area contributed by atoms with E-state index in [2.05, 4.69) is 4.90 Å². The highest BCUT2D eigenvalue weighted by Gasteiger charge is 2.49. The second-order valence-corrected chi connectivity index (χ2v) is 5.98. The molecule has 1 aromatic rings. The highest BCUT2D eigenvalue weighted by Crippen LogP contribution is 2.41. The number of aliphatic carboxylic acids is 1. The van der Waals surface area contributed by atoms with Crippen LogP contribution in [0.3, 0.4) is 0 Å². The fourth-order valence-corrected chi connectivity index (χ4v) is 3.61. The summed E-state index contributed by atoms with van der Waals surface area (Å²) in [6.07, 6.45) is 4.15. The van der Waals surface area contributed by atoms with Gasteiger partial charge in [0.2, 0.25) is 5.91 Å². The zero-order chi connectivity index (χ0) is 15.0. The largest absolute Gasteiger partial charge is 0.481 e. The molecule has 2 aliphatic heterocycles. The highest BCUT2D eigenvalue weighted by molar-refractivity contribution is 5.78. The Labute approximate surface area is 123 Å². The Kier molecular flexibility index (Phi) is 3.71. The van der Waals surface area contributed by atoms with Crippen molar-refractivity contribution in [1.82, 2.24) is 9.80 Å². The van der Waals surface area contributed by atoms with Crippen molar-refractivity contribution in [2.45, 2.75) is 37.9 Å². The monoisotopic (exact) mass is 292 g/mol. The molecule has 0 spiro atoms. The van der Waals surface area contributed by atoms with Crippen LogP contribution in [0, 0.1) is 5.92 Å². The molecule has 0 aliphatic carbocycles. The summed E-state index contributed by atoms with van der Waals surface area (Å²) in [7, 11) is 1.75. The van der Waals surface area contributed by atoms with E-state index in [1.807, 2.05) is 6.07 Å². The fraction of sp³-hybridized carbons (Fsp3) is 0.600. The third kappa shape index (κ3) is 2.68. The van der Waals surface area contributed by atoms with Crippen LogP contribution in [-0.2, 0) is 16.1 Å². The van der Waals surface area contributed by atoms with Crippen molar-refractivity contribution in [2.75, 3.05) is 13.6 Å². The summed E-state index contributed by atoms with van der Waals surface area (Å²) in [5.41, 5.74) is 0. The van der Waals surface area contributed by atoms with E-state index in [4.69, 9.17) is 4.42 Å². The predicted molar refractivity (Wildman–Crippen MR) is 74.4 cm³/mol. The normalized spacial score (nSPS) is 28.0. The standard InChI is InChI=1S/C15H20N2O4/c1-16(8-11-3-2-6-21-11)14(18)9-17-10-4-5-13(17)12(7-10)15(19)20/h2-3,6,10,12-13H,4-5,7-9H2,1H3,(H,19,20). The average molecular weight is 292 g/mol. The Balaban J connectivity index is 1.59. The summed E-state index contributed by atoms with van der Waals surface area (Å²) < 4.78 is 5.24. The lowest BCUT2D eigenvalue weighted by Crippen LogP contribution is -2.41. The predicted octanol–water partition coefficient (Wildman–Crippen LogP) is 1.18. The molecule has 1 aromatic heterocycles. The smallest absolute Gasteiger partial charge is 0.308 e. The van der Waals surface area contributed by atoms with E-state index < -0.39 is 5.97 Å². The number of hydrogen-bond donors (Lipinski definition) is 1. The van der Waals surface area contributed by atoms with Gasteiger partial charge in [0.25, 0.3) is 0 Å². The van der Waals surface area contributed by atoms with Gasteiger partial charge < -0.3 is 14.4 Å². The van der Waals surface area contributed by atoms with Crippen LogP contribution in [0.15, 0.2) is 22.8 Å². The third-order valence-electron chi connectivity index (χ3n) is 4.72. The van der Waals surface area contributed by atoms with Gasteiger partial charge in [-0.25, -0.2) is 0 Å². The van der Waals surface area contributed by atoms with Crippen LogP contribution in [0.5, 0.6) is 0 Å². The van der Waals surface area contributed by atoms with E-state index in [0.717, 1.165) is 18.6 Å². The van der Waals surface area contributed by atoms with E-state index >= 15 is 0 Å². The minimum Gasteiger partial charge on any atom is -0.481 e. The molecule has 2 fully saturated rings. The molecule has 3 rings (SSSR count). The topological polar surface area (TPSA) is 74.0 Å². The molecule has 21 heavy (non-hydrogen) atoms. The molecular weight excluding hydrogens is 272 g/mol. The number of carbonyl (C=O) groups excluding carboxylic acids is 1. The van der Waals surface area contributed by atoms with Crippen molar-refractivity contribution >= 4 is 11.9 Å². The number of carboxylic acid groups (broad SMARTS) is 1. The maximum atomic E-state index is 12.3. The molecule has 0 aromatic carbocycles. The molecule has 0 saturated carbocycles. The quantitative estimate of drug-likeness (QED) is 0.882. The van der Waals surface area contributed by atoms with Crippen LogP contribution in [-0.4, -0.2) is 52.5 Å². The summed E-state index contributed by atoms with van der Waals surface area (Å²) in [6.45, 7) is 0.744. The van der Waals surface area contributed by atoms with Crippen molar-refractivity contribution in [1.29, 1.82) is 0 Å². The van der Waals surface area contributed by atoms with Crippen LogP contribution in [0.1, 0.15) is 25.0 Å². The first-order valence-corrected chi connectivity index (χ1v) is 7.31. The molecule has 1 amide bonds. The molecule has 1 N–H and O–H groups in total. The van der Waals surface area contributed by atoms with Crippen LogP contribution in [0.4, 0.5) is 0 Å². The maximum absolute atomic E-state index is 12.3. The van der Waals surface area contributed by atoms with Crippen LogP contribution < -0.4 is 0 Å². The minimum absolute atomic E-state index is 0.00865. The van der Waals surface area contributed by atoms with E-state index in [-0.39, 0.29) is 23.9 Å². The lowest BCUT2D eigenvalue weighted by Gasteiger charge is -2.25. The summed E-state index contributed by atoms with van der Waals surface area (Å²) >= 11 is 0. The molecule has 2 saturated heterocycles. The Bertz CT molecular complexity index is 528. The molecular formula is C15H20N2O4.